The van der Waals surface area contributed by atoms with Gasteiger partial charge in [-0.1, -0.05) is 29.8 Å². The molecular formula is C25H26ClN5O2. The van der Waals surface area contributed by atoms with E-state index >= 15 is 0 Å². The van der Waals surface area contributed by atoms with Crippen LogP contribution in [0.4, 0.5) is 0 Å². The van der Waals surface area contributed by atoms with Crippen LogP contribution in [0.3, 0.4) is 0 Å². The Hall–Kier alpha value is -3.58. The third-order valence-electron chi connectivity index (χ3n) is 5.51. The number of halogens is 1. The van der Waals surface area contributed by atoms with Gasteiger partial charge < -0.3 is 10.1 Å². The number of ether oxygens (including phenoxy) is 1. The predicted octanol–water partition coefficient (Wildman–Crippen LogP) is 4.92. The van der Waals surface area contributed by atoms with Crippen molar-refractivity contribution in [1.82, 2.24) is 24.9 Å². The van der Waals surface area contributed by atoms with Gasteiger partial charge in [-0.15, -0.1) is 0 Å². The van der Waals surface area contributed by atoms with Gasteiger partial charge in [0.25, 0.3) is 5.91 Å². The third kappa shape index (κ3) is 4.93. The summed E-state index contributed by atoms with van der Waals surface area (Å²) < 4.78 is 9.28. The first-order valence-corrected chi connectivity index (χ1v) is 11.0. The molecule has 7 nitrogen and oxygen atoms in total. The van der Waals surface area contributed by atoms with Crippen LogP contribution in [0.1, 0.15) is 38.6 Å². The lowest BCUT2D eigenvalue weighted by molar-refractivity contribution is 0.0944. The van der Waals surface area contributed by atoms with E-state index in [1.807, 2.05) is 74.8 Å². The standard InChI is InChI=1S/C25H26ClN5O2/c1-16-12-21(13-17(2)24(16)26)33-15-30-11-10-23(29-30)25(32)27-14-22-18(3)28-31(19(22)4)20-8-6-5-7-9-20/h5-13H,14-15H2,1-4H3,(H,27,32). The van der Waals surface area contributed by atoms with Gasteiger partial charge in [0.2, 0.25) is 0 Å². The number of benzene rings is 2. The van der Waals surface area contributed by atoms with Crippen molar-refractivity contribution in [2.45, 2.75) is 41.0 Å². The molecular weight excluding hydrogens is 438 g/mol. The number of para-hydroxylation sites is 1. The fourth-order valence-electron chi connectivity index (χ4n) is 3.70. The predicted molar refractivity (Wildman–Crippen MR) is 128 cm³/mol. The molecule has 1 amide bonds. The number of hydrogen-bond donors (Lipinski definition) is 1. The Kier molecular flexibility index (Phi) is 6.51. The molecule has 0 aliphatic rings. The van der Waals surface area contributed by atoms with Gasteiger partial charge in [0.1, 0.15) is 11.4 Å². The third-order valence-corrected chi connectivity index (χ3v) is 6.11. The normalized spacial score (nSPS) is 10.9. The monoisotopic (exact) mass is 463 g/mol. The van der Waals surface area contributed by atoms with Gasteiger partial charge in [-0.05, 0) is 69.2 Å². The lowest BCUT2D eigenvalue weighted by Crippen LogP contribution is -2.24. The molecule has 2 aromatic carbocycles. The van der Waals surface area contributed by atoms with E-state index in [4.69, 9.17) is 16.3 Å². The van der Waals surface area contributed by atoms with Crippen molar-refractivity contribution in [2.75, 3.05) is 0 Å². The van der Waals surface area contributed by atoms with Crippen LogP contribution in [-0.4, -0.2) is 25.5 Å². The summed E-state index contributed by atoms with van der Waals surface area (Å²) in [7, 11) is 0. The van der Waals surface area contributed by atoms with Crippen molar-refractivity contribution in [2.24, 2.45) is 0 Å². The molecule has 2 aromatic heterocycles. The highest BCUT2D eigenvalue weighted by atomic mass is 35.5. The van der Waals surface area contributed by atoms with Crippen molar-refractivity contribution < 1.29 is 9.53 Å². The van der Waals surface area contributed by atoms with Crippen molar-refractivity contribution in [1.29, 1.82) is 0 Å². The number of rotatable bonds is 7. The molecule has 0 radical (unpaired) electrons. The topological polar surface area (TPSA) is 74.0 Å². The summed E-state index contributed by atoms with van der Waals surface area (Å²) in [5.74, 6) is 0.454. The van der Waals surface area contributed by atoms with Crippen molar-refractivity contribution in [3.8, 4) is 11.4 Å². The Balaban J connectivity index is 1.38. The van der Waals surface area contributed by atoms with E-state index in [2.05, 4.69) is 15.5 Å². The van der Waals surface area contributed by atoms with Gasteiger partial charge in [0, 0.05) is 29.0 Å². The van der Waals surface area contributed by atoms with Gasteiger partial charge in [0.05, 0.1) is 11.4 Å². The molecule has 2 heterocycles. The van der Waals surface area contributed by atoms with E-state index in [9.17, 15) is 4.79 Å². The van der Waals surface area contributed by atoms with Crippen LogP contribution in [0, 0.1) is 27.7 Å². The van der Waals surface area contributed by atoms with Crippen molar-refractivity contribution >= 4 is 17.5 Å². The Morgan fingerprint density at radius 3 is 2.42 bits per heavy atom. The van der Waals surface area contributed by atoms with Gasteiger partial charge in [0.15, 0.2) is 6.73 Å². The molecule has 0 bridgehead atoms. The van der Waals surface area contributed by atoms with Crippen LogP contribution in [-0.2, 0) is 13.3 Å². The molecule has 8 heteroatoms. The van der Waals surface area contributed by atoms with Gasteiger partial charge in [-0.2, -0.15) is 10.2 Å². The summed E-state index contributed by atoms with van der Waals surface area (Å²) >= 11 is 6.21. The molecule has 0 fully saturated rings. The molecule has 33 heavy (non-hydrogen) atoms. The van der Waals surface area contributed by atoms with Crippen LogP contribution < -0.4 is 10.1 Å². The fourth-order valence-corrected chi connectivity index (χ4v) is 3.80. The highest BCUT2D eigenvalue weighted by Crippen LogP contribution is 2.26. The van der Waals surface area contributed by atoms with Crippen LogP contribution in [0.15, 0.2) is 54.7 Å². The molecule has 0 spiro atoms. The average Bonchev–Trinajstić information content (AvgIpc) is 3.39. The minimum absolute atomic E-state index is 0.190. The Labute approximate surface area is 197 Å². The first-order chi connectivity index (χ1) is 15.8. The zero-order chi connectivity index (χ0) is 23.5. The number of nitrogens with one attached hydrogen (secondary N) is 1. The highest BCUT2D eigenvalue weighted by molar-refractivity contribution is 6.32. The number of hydrogen-bond acceptors (Lipinski definition) is 4. The number of carbonyl (C=O) groups is 1. The second-order valence-corrected chi connectivity index (χ2v) is 8.34. The molecule has 170 valence electrons. The minimum Gasteiger partial charge on any atom is -0.471 e. The Morgan fingerprint density at radius 2 is 1.73 bits per heavy atom. The van der Waals surface area contributed by atoms with Gasteiger partial charge in [-0.25, -0.2) is 9.36 Å². The summed E-state index contributed by atoms with van der Waals surface area (Å²) in [4.78, 5) is 12.7. The van der Waals surface area contributed by atoms with Crippen LogP contribution in [0.2, 0.25) is 5.02 Å². The largest absolute Gasteiger partial charge is 0.471 e. The molecule has 4 rings (SSSR count). The highest BCUT2D eigenvalue weighted by Gasteiger charge is 2.15. The summed E-state index contributed by atoms with van der Waals surface area (Å²) in [5, 5.41) is 12.6. The van der Waals surface area contributed by atoms with Gasteiger partial charge >= 0.3 is 0 Å². The second kappa shape index (κ2) is 9.50. The maximum absolute atomic E-state index is 12.7. The van der Waals surface area contributed by atoms with E-state index < -0.39 is 0 Å². The lowest BCUT2D eigenvalue weighted by Gasteiger charge is -2.10. The number of amides is 1. The Bertz CT molecular complexity index is 1270. The Morgan fingerprint density at radius 1 is 1.03 bits per heavy atom. The lowest BCUT2D eigenvalue weighted by atomic mass is 10.1. The van der Waals surface area contributed by atoms with Crippen LogP contribution >= 0.6 is 11.6 Å². The average molecular weight is 464 g/mol. The van der Waals surface area contributed by atoms with E-state index in [1.54, 1.807) is 16.9 Å². The fraction of sp³-hybridized carbons (Fsp3) is 0.240. The van der Waals surface area contributed by atoms with Gasteiger partial charge in [-0.3, -0.25) is 4.79 Å². The number of nitrogens with zero attached hydrogens (tertiary/aromatic N) is 4. The second-order valence-electron chi connectivity index (χ2n) is 7.96. The van der Waals surface area contributed by atoms with Crippen LogP contribution in [0.25, 0.3) is 5.69 Å². The molecule has 0 saturated carbocycles. The molecule has 4 aromatic rings. The van der Waals surface area contributed by atoms with Crippen molar-refractivity contribution in [3.63, 3.8) is 0 Å². The molecule has 0 aliphatic heterocycles. The molecule has 0 saturated heterocycles. The maximum Gasteiger partial charge on any atom is 0.272 e. The maximum atomic E-state index is 12.7. The molecule has 1 N–H and O–H groups in total. The van der Waals surface area contributed by atoms with E-state index in [-0.39, 0.29) is 12.6 Å². The van der Waals surface area contributed by atoms with E-state index in [1.165, 1.54) is 0 Å². The smallest absolute Gasteiger partial charge is 0.272 e. The zero-order valence-electron chi connectivity index (χ0n) is 19.1. The SMILES string of the molecule is Cc1cc(OCn2ccc(C(=O)NCc3c(C)nn(-c4ccccc4)c3C)n2)cc(C)c1Cl. The summed E-state index contributed by atoms with van der Waals surface area (Å²) in [6.45, 7) is 8.38. The quantitative estimate of drug-likeness (QED) is 0.422. The summed E-state index contributed by atoms with van der Waals surface area (Å²) in [6.07, 6.45) is 1.72. The first-order valence-electron chi connectivity index (χ1n) is 10.6. The molecule has 0 unspecified atom stereocenters. The molecule has 0 aliphatic carbocycles. The van der Waals surface area contributed by atoms with Crippen molar-refractivity contribution in [3.05, 3.63) is 93.5 Å². The number of carbonyl (C=O) groups excluding carboxylic acids is 1. The van der Waals surface area contributed by atoms with E-state index in [0.717, 1.165) is 38.8 Å². The number of aromatic nitrogens is 4. The first kappa shape index (κ1) is 22.6. The number of aryl methyl sites for hydroxylation is 3. The minimum atomic E-state index is -0.252. The van der Waals surface area contributed by atoms with E-state index in [0.29, 0.717) is 18.0 Å². The molecule has 0 atom stereocenters. The van der Waals surface area contributed by atoms with Crippen LogP contribution in [0.5, 0.6) is 5.75 Å². The zero-order valence-corrected chi connectivity index (χ0v) is 19.8. The summed E-state index contributed by atoms with van der Waals surface area (Å²) in [6, 6.07) is 15.4. The summed E-state index contributed by atoms with van der Waals surface area (Å²) in [5.41, 5.74) is 6.08.